The molecule has 0 aliphatic carbocycles. The van der Waals surface area contributed by atoms with Gasteiger partial charge in [-0.15, -0.1) is 0 Å². The Morgan fingerprint density at radius 3 is 2.80 bits per heavy atom. The van der Waals surface area contributed by atoms with Crippen molar-refractivity contribution in [2.45, 2.75) is 6.54 Å². The van der Waals surface area contributed by atoms with Gasteiger partial charge in [0, 0.05) is 17.6 Å². The highest BCUT2D eigenvalue weighted by Gasteiger charge is 2.14. The first-order valence-corrected chi connectivity index (χ1v) is 5.94. The molecule has 6 heteroatoms. The summed E-state index contributed by atoms with van der Waals surface area (Å²) in [5.41, 5.74) is -0.0746. The molecule has 0 atom stereocenters. The van der Waals surface area contributed by atoms with Crippen LogP contribution in [0, 0.1) is 0 Å². The molecule has 0 fully saturated rings. The average molecular weight is 270 g/mol. The third kappa shape index (κ3) is 2.07. The molecule has 0 aliphatic rings. The number of benzene rings is 1. The lowest BCUT2D eigenvalue weighted by atomic mass is 10.1. The van der Waals surface area contributed by atoms with Gasteiger partial charge >= 0.3 is 5.69 Å². The van der Waals surface area contributed by atoms with E-state index in [0.717, 1.165) is 4.57 Å². The molecule has 20 heavy (non-hydrogen) atoms. The minimum atomic E-state index is -0.612. The van der Waals surface area contributed by atoms with E-state index in [9.17, 15) is 14.4 Å². The van der Waals surface area contributed by atoms with Crippen LogP contribution in [0.2, 0.25) is 0 Å². The zero-order valence-electron chi connectivity index (χ0n) is 10.3. The highest BCUT2D eigenvalue weighted by atomic mass is 16.3. The number of nitrogens with zero attached hydrogens (tertiary/aromatic N) is 1. The van der Waals surface area contributed by atoms with Crippen molar-refractivity contribution in [3.63, 3.8) is 0 Å². The molecule has 0 bridgehead atoms. The number of H-pyrrole nitrogens is 1. The standard InChI is InChI=1S/C14H10N2O4/c17-11(7-16-6-5-13(18)15-14(16)19)10-8-20-12-4-2-1-3-9(10)12/h1-6,8H,7H2,(H,15,18,19). The summed E-state index contributed by atoms with van der Waals surface area (Å²) in [6.45, 7) is -0.154. The number of ketones is 1. The molecule has 0 saturated carbocycles. The number of furan rings is 1. The zero-order valence-corrected chi connectivity index (χ0v) is 10.3. The summed E-state index contributed by atoms with van der Waals surface area (Å²) in [4.78, 5) is 36.8. The number of nitrogens with one attached hydrogen (secondary N) is 1. The summed E-state index contributed by atoms with van der Waals surface area (Å²) in [5.74, 6) is -0.260. The monoisotopic (exact) mass is 270 g/mol. The average Bonchev–Trinajstić information content (AvgIpc) is 2.86. The van der Waals surface area contributed by atoms with Crippen molar-refractivity contribution in [2.75, 3.05) is 0 Å². The molecular formula is C14H10N2O4. The third-order valence-corrected chi connectivity index (χ3v) is 2.99. The molecule has 0 aliphatic heterocycles. The molecule has 6 nitrogen and oxygen atoms in total. The fourth-order valence-corrected chi connectivity index (χ4v) is 2.00. The van der Waals surface area contributed by atoms with Crippen LogP contribution in [0.3, 0.4) is 0 Å². The number of hydrogen-bond donors (Lipinski definition) is 1. The number of rotatable bonds is 3. The lowest BCUT2D eigenvalue weighted by Crippen LogP contribution is -2.30. The van der Waals surface area contributed by atoms with E-state index >= 15 is 0 Å². The van der Waals surface area contributed by atoms with E-state index in [-0.39, 0.29) is 12.3 Å². The van der Waals surface area contributed by atoms with Gasteiger partial charge in [0.15, 0.2) is 5.78 Å². The molecule has 0 unspecified atom stereocenters. The van der Waals surface area contributed by atoms with Gasteiger partial charge in [-0.1, -0.05) is 18.2 Å². The highest BCUT2D eigenvalue weighted by molar-refractivity contribution is 6.06. The smallest absolute Gasteiger partial charge is 0.328 e. The van der Waals surface area contributed by atoms with Crippen molar-refractivity contribution in [1.29, 1.82) is 0 Å². The van der Waals surface area contributed by atoms with E-state index in [1.54, 1.807) is 18.2 Å². The Hall–Kier alpha value is -2.89. The predicted octanol–water partition coefficient (Wildman–Crippen LogP) is 1.17. The van der Waals surface area contributed by atoms with E-state index in [4.69, 9.17) is 4.42 Å². The van der Waals surface area contributed by atoms with Crippen LogP contribution in [-0.4, -0.2) is 15.3 Å². The quantitative estimate of drug-likeness (QED) is 0.724. The number of fused-ring (bicyclic) bond motifs is 1. The SMILES string of the molecule is O=C(Cn1ccc(=O)[nH]c1=O)c1coc2ccccc12. The van der Waals surface area contributed by atoms with Gasteiger partial charge in [0.1, 0.15) is 11.8 Å². The molecule has 1 N–H and O–H groups in total. The second-order valence-electron chi connectivity index (χ2n) is 4.31. The van der Waals surface area contributed by atoms with Crippen LogP contribution in [-0.2, 0) is 6.54 Å². The Labute approximate surface area is 112 Å². The van der Waals surface area contributed by atoms with Crippen molar-refractivity contribution in [1.82, 2.24) is 9.55 Å². The topological polar surface area (TPSA) is 85.1 Å². The number of carbonyl (C=O) groups excluding carboxylic acids is 1. The summed E-state index contributed by atoms with van der Waals surface area (Å²) in [6, 6.07) is 8.36. The normalized spacial score (nSPS) is 10.8. The van der Waals surface area contributed by atoms with Crippen molar-refractivity contribution in [3.05, 3.63) is 69.2 Å². The largest absolute Gasteiger partial charge is 0.464 e. The Morgan fingerprint density at radius 2 is 2.00 bits per heavy atom. The molecule has 3 aromatic rings. The van der Waals surface area contributed by atoms with Crippen LogP contribution in [0.5, 0.6) is 0 Å². The van der Waals surface area contributed by atoms with Crippen molar-refractivity contribution in [3.8, 4) is 0 Å². The Kier molecular flexibility index (Phi) is 2.83. The molecule has 0 radical (unpaired) electrons. The van der Waals surface area contributed by atoms with Gasteiger partial charge in [-0.3, -0.25) is 19.1 Å². The van der Waals surface area contributed by atoms with Crippen LogP contribution in [0.4, 0.5) is 0 Å². The van der Waals surface area contributed by atoms with Crippen LogP contribution in [0.25, 0.3) is 11.0 Å². The van der Waals surface area contributed by atoms with Crippen molar-refractivity contribution < 1.29 is 9.21 Å². The molecule has 0 amide bonds. The van der Waals surface area contributed by atoms with Gasteiger partial charge < -0.3 is 4.42 Å². The predicted molar refractivity (Wildman–Crippen MR) is 71.9 cm³/mol. The maximum Gasteiger partial charge on any atom is 0.328 e. The molecular weight excluding hydrogens is 260 g/mol. The summed E-state index contributed by atoms with van der Waals surface area (Å²) < 4.78 is 6.44. The molecule has 0 saturated heterocycles. The second kappa shape index (κ2) is 4.65. The molecule has 2 aromatic heterocycles. The number of aromatic nitrogens is 2. The van der Waals surface area contributed by atoms with Crippen LogP contribution >= 0.6 is 0 Å². The molecule has 100 valence electrons. The lowest BCUT2D eigenvalue weighted by Gasteiger charge is -2.02. The molecule has 3 rings (SSSR count). The molecule has 1 aromatic carbocycles. The number of para-hydroxylation sites is 1. The fourth-order valence-electron chi connectivity index (χ4n) is 2.00. The van der Waals surface area contributed by atoms with E-state index < -0.39 is 11.2 Å². The number of aromatic amines is 1. The fraction of sp³-hybridized carbons (Fsp3) is 0.0714. The lowest BCUT2D eigenvalue weighted by molar-refractivity contribution is 0.0971. The third-order valence-electron chi connectivity index (χ3n) is 2.99. The van der Waals surface area contributed by atoms with E-state index in [0.29, 0.717) is 16.5 Å². The first-order chi connectivity index (χ1) is 9.65. The van der Waals surface area contributed by atoms with Gasteiger partial charge in [0.05, 0.1) is 12.1 Å². The Morgan fingerprint density at radius 1 is 1.20 bits per heavy atom. The summed E-state index contributed by atoms with van der Waals surface area (Å²) in [7, 11) is 0. The first kappa shape index (κ1) is 12.2. The summed E-state index contributed by atoms with van der Waals surface area (Å²) >= 11 is 0. The second-order valence-corrected chi connectivity index (χ2v) is 4.31. The van der Waals surface area contributed by atoms with Crippen LogP contribution in [0.1, 0.15) is 10.4 Å². The van der Waals surface area contributed by atoms with Gasteiger partial charge in [-0.2, -0.15) is 0 Å². The summed E-state index contributed by atoms with van der Waals surface area (Å²) in [5, 5.41) is 0.704. The Bertz CT molecular complexity index is 901. The zero-order chi connectivity index (χ0) is 14.1. The van der Waals surface area contributed by atoms with Gasteiger partial charge in [-0.25, -0.2) is 4.79 Å². The van der Waals surface area contributed by atoms with Gasteiger partial charge in [0.25, 0.3) is 5.56 Å². The van der Waals surface area contributed by atoms with E-state index in [2.05, 4.69) is 4.98 Å². The van der Waals surface area contributed by atoms with Crippen LogP contribution in [0.15, 0.2) is 56.8 Å². The van der Waals surface area contributed by atoms with Crippen molar-refractivity contribution >= 4 is 16.8 Å². The van der Waals surface area contributed by atoms with Gasteiger partial charge in [0.2, 0.25) is 0 Å². The van der Waals surface area contributed by atoms with Gasteiger partial charge in [-0.05, 0) is 6.07 Å². The number of hydrogen-bond acceptors (Lipinski definition) is 4. The number of Topliss-reactive ketones (excluding diaryl/α,β-unsaturated/α-hetero) is 1. The molecule has 2 heterocycles. The maximum absolute atomic E-state index is 12.2. The maximum atomic E-state index is 12.2. The van der Waals surface area contributed by atoms with Crippen molar-refractivity contribution in [2.24, 2.45) is 0 Å². The minimum absolute atomic E-state index is 0.154. The van der Waals surface area contributed by atoms with E-state index in [1.165, 1.54) is 18.5 Å². The van der Waals surface area contributed by atoms with E-state index in [1.807, 2.05) is 6.07 Å². The Balaban J connectivity index is 1.97. The first-order valence-electron chi connectivity index (χ1n) is 5.94. The number of carbonyl (C=O) groups is 1. The van der Waals surface area contributed by atoms with Crippen LogP contribution < -0.4 is 11.2 Å². The highest BCUT2D eigenvalue weighted by Crippen LogP contribution is 2.21. The molecule has 0 spiro atoms. The minimum Gasteiger partial charge on any atom is -0.464 e. The summed E-state index contributed by atoms with van der Waals surface area (Å²) in [6.07, 6.45) is 2.67.